The number of hydrogen-bond acceptors (Lipinski definition) is 2. The van der Waals surface area contributed by atoms with Crippen LogP contribution in [0.4, 0.5) is 0 Å². The van der Waals surface area contributed by atoms with Crippen molar-refractivity contribution in [3.63, 3.8) is 0 Å². The molecule has 2 saturated heterocycles. The van der Waals surface area contributed by atoms with E-state index in [1.54, 1.807) is 0 Å². The van der Waals surface area contributed by atoms with Gasteiger partial charge in [0, 0.05) is 25.0 Å². The lowest BCUT2D eigenvalue weighted by Gasteiger charge is -2.30. The fourth-order valence-corrected chi connectivity index (χ4v) is 3.51. The van der Waals surface area contributed by atoms with Crippen molar-refractivity contribution in [3.05, 3.63) is 0 Å². The summed E-state index contributed by atoms with van der Waals surface area (Å²) in [6.45, 7) is 9.74. The van der Waals surface area contributed by atoms with Crippen molar-refractivity contribution >= 4 is 18.3 Å². The third-order valence-corrected chi connectivity index (χ3v) is 4.38. The normalized spacial score (nSPS) is 31.4. The van der Waals surface area contributed by atoms with E-state index in [9.17, 15) is 4.79 Å². The van der Waals surface area contributed by atoms with Crippen LogP contribution in [0.2, 0.25) is 0 Å². The minimum absolute atomic E-state index is 0. The zero-order chi connectivity index (χ0) is 13.1. The number of carbonyl (C=O) groups is 1. The first kappa shape index (κ1) is 16.8. The first-order valence-electron chi connectivity index (χ1n) is 7.58. The van der Waals surface area contributed by atoms with E-state index >= 15 is 0 Å². The Kier molecular flexibility index (Phi) is 6.61. The molecule has 3 atom stereocenters. The van der Waals surface area contributed by atoms with Crippen LogP contribution in [0.5, 0.6) is 0 Å². The number of piperidine rings is 1. The SMILES string of the molecule is CC(C)CC1CCN(C(=O)[C@H]2CCN[C@@H](C)C2)C1.Cl. The molecule has 0 bridgehead atoms. The van der Waals surface area contributed by atoms with Crippen LogP contribution in [0, 0.1) is 17.8 Å². The molecule has 2 aliphatic rings. The van der Waals surface area contributed by atoms with E-state index < -0.39 is 0 Å². The second-order valence-corrected chi connectivity index (χ2v) is 6.64. The number of hydrogen-bond donors (Lipinski definition) is 1. The number of halogens is 1. The number of amides is 1. The number of nitrogens with one attached hydrogen (secondary N) is 1. The standard InChI is InChI=1S/C15H28N2O.ClH/c1-11(2)8-13-5-7-17(10-13)15(18)14-4-6-16-12(3)9-14;/h11-14,16H,4-10H2,1-3H3;1H/t12-,13?,14-;/m0./s1. The van der Waals surface area contributed by atoms with Crippen molar-refractivity contribution < 1.29 is 4.79 Å². The Morgan fingerprint density at radius 1 is 1.37 bits per heavy atom. The summed E-state index contributed by atoms with van der Waals surface area (Å²) < 4.78 is 0. The molecule has 1 unspecified atom stereocenters. The van der Waals surface area contributed by atoms with Crippen molar-refractivity contribution in [1.29, 1.82) is 0 Å². The third-order valence-electron chi connectivity index (χ3n) is 4.38. The summed E-state index contributed by atoms with van der Waals surface area (Å²) in [6, 6.07) is 0.502. The Bertz CT molecular complexity index is 296. The average Bonchev–Trinajstić information content (AvgIpc) is 2.75. The molecule has 0 saturated carbocycles. The second-order valence-electron chi connectivity index (χ2n) is 6.64. The van der Waals surface area contributed by atoms with Gasteiger partial charge in [-0.1, -0.05) is 13.8 Å². The summed E-state index contributed by atoms with van der Waals surface area (Å²) in [7, 11) is 0. The summed E-state index contributed by atoms with van der Waals surface area (Å²) in [4.78, 5) is 14.6. The van der Waals surface area contributed by atoms with Crippen LogP contribution in [0.25, 0.3) is 0 Å². The molecule has 112 valence electrons. The van der Waals surface area contributed by atoms with E-state index in [0.29, 0.717) is 11.9 Å². The molecule has 0 spiro atoms. The number of likely N-dealkylation sites (tertiary alicyclic amines) is 1. The zero-order valence-electron chi connectivity index (χ0n) is 12.5. The van der Waals surface area contributed by atoms with Crippen LogP contribution in [-0.4, -0.2) is 36.5 Å². The molecule has 0 aromatic heterocycles. The smallest absolute Gasteiger partial charge is 0.225 e. The van der Waals surface area contributed by atoms with Gasteiger partial charge in [-0.3, -0.25) is 4.79 Å². The highest BCUT2D eigenvalue weighted by Crippen LogP contribution is 2.27. The summed E-state index contributed by atoms with van der Waals surface area (Å²) in [5.74, 6) is 2.20. The summed E-state index contributed by atoms with van der Waals surface area (Å²) in [5.41, 5.74) is 0. The highest BCUT2D eigenvalue weighted by molar-refractivity contribution is 5.85. The van der Waals surface area contributed by atoms with Gasteiger partial charge in [-0.25, -0.2) is 0 Å². The number of nitrogens with zero attached hydrogens (tertiary/aromatic N) is 1. The van der Waals surface area contributed by atoms with Gasteiger partial charge < -0.3 is 10.2 Å². The molecular weight excluding hydrogens is 260 g/mol. The molecule has 3 nitrogen and oxygen atoms in total. The highest BCUT2D eigenvalue weighted by Gasteiger charge is 2.32. The lowest BCUT2D eigenvalue weighted by Crippen LogP contribution is -2.43. The Morgan fingerprint density at radius 2 is 2.11 bits per heavy atom. The molecule has 4 heteroatoms. The minimum Gasteiger partial charge on any atom is -0.342 e. The van der Waals surface area contributed by atoms with Crippen molar-refractivity contribution in [1.82, 2.24) is 10.2 Å². The molecule has 1 N–H and O–H groups in total. The maximum atomic E-state index is 12.5. The fourth-order valence-electron chi connectivity index (χ4n) is 3.51. The molecule has 2 heterocycles. The van der Waals surface area contributed by atoms with Gasteiger partial charge in [0.15, 0.2) is 0 Å². The minimum atomic E-state index is 0. The van der Waals surface area contributed by atoms with Crippen molar-refractivity contribution in [2.45, 2.75) is 52.5 Å². The molecule has 2 rings (SSSR count). The zero-order valence-corrected chi connectivity index (χ0v) is 13.3. The van der Waals surface area contributed by atoms with Gasteiger partial charge in [-0.2, -0.15) is 0 Å². The Hall–Kier alpha value is -0.280. The quantitative estimate of drug-likeness (QED) is 0.866. The molecule has 1 amide bonds. The van der Waals surface area contributed by atoms with Gasteiger partial charge in [-0.15, -0.1) is 12.4 Å². The maximum Gasteiger partial charge on any atom is 0.225 e. The van der Waals surface area contributed by atoms with E-state index in [0.717, 1.165) is 44.3 Å². The van der Waals surface area contributed by atoms with Crippen LogP contribution in [0.15, 0.2) is 0 Å². The van der Waals surface area contributed by atoms with Gasteiger partial charge in [0.2, 0.25) is 5.91 Å². The molecule has 0 aliphatic carbocycles. The highest BCUT2D eigenvalue weighted by atomic mass is 35.5. The maximum absolute atomic E-state index is 12.5. The lowest BCUT2D eigenvalue weighted by atomic mass is 9.92. The molecular formula is C15H29ClN2O. The molecule has 0 aromatic rings. The van der Waals surface area contributed by atoms with E-state index in [2.05, 4.69) is 31.0 Å². The lowest BCUT2D eigenvalue weighted by molar-refractivity contribution is -0.135. The average molecular weight is 289 g/mol. The van der Waals surface area contributed by atoms with E-state index in [1.165, 1.54) is 12.8 Å². The molecule has 2 aliphatic heterocycles. The van der Waals surface area contributed by atoms with Crippen LogP contribution >= 0.6 is 12.4 Å². The van der Waals surface area contributed by atoms with Crippen molar-refractivity contribution in [2.75, 3.05) is 19.6 Å². The van der Waals surface area contributed by atoms with Crippen LogP contribution in [0.3, 0.4) is 0 Å². The van der Waals surface area contributed by atoms with Gasteiger partial charge in [0.1, 0.15) is 0 Å². The Morgan fingerprint density at radius 3 is 2.74 bits per heavy atom. The van der Waals surface area contributed by atoms with Crippen LogP contribution < -0.4 is 5.32 Å². The fraction of sp³-hybridized carbons (Fsp3) is 0.933. The van der Waals surface area contributed by atoms with Gasteiger partial charge in [0.25, 0.3) is 0 Å². The largest absolute Gasteiger partial charge is 0.342 e. The van der Waals surface area contributed by atoms with Crippen molar-refractivity contribution in [2.24, 2.45) is 17.8 Å². The van der Waals surface area contributed by atoms with Gasteiger partial charge >= 0.3 is 0 Å². The van der Waals surface area contributed by atoms with E-state index in [4.69, 9.17) is 0 Å². The van der Waals surface area contributed by atoms with E-state index in [1.807, 2.05) is 0 Å². The topological polar surface area (TPSA) is 32.3 Å². The van der Waals surface area contributed by atoms with Crippen LogP contribution in [-0.2, 0) is 4.79 Å². The Balaban J connectivity index is 0.00000180. The monoisotopic (exact) mass is 288 g/mol. The first-order valence-corrected chi connectivity index (χ1v) is 7.58. The summed E-state index contributed by atoms with van der Waals surface area (Å²) >= 11 is 0. The number of carbonyl (C=O) groups excluding carboxylic acids is 1. The number of rotatable bonds is 3. The summed E-state index contributed by atoms with van der Waals surface area (Å²) in [6.07, 6.45) is 4.52. The summed E-state index contributed by atoms with van der Waals surface area (Å²) in [5, 5.41) is 3.42. The van der Waals surface area contributed by atoms with Gasteiger partial charge in [-0.05, 0) is 51.0 Å². The predicted molar refractivity (Wildman–Crippen MR) is 81.6 cm³/mol. The van der Waals surface area contributed by atoms with E-state index in [-0.39, 0.29) is 18.3 Å². The van der Waals surface area contributed by atoms with Crippen LogP contribution in [0.1, 0.15) is 46.5 Å². The second kappa shape index (κ2) is 7.49. The Labute approximate surface area is 123 Å². The molecule has 0 radical (unpaired) electrons. The van der Waals surface area contributed by atoms with Crippen molar-refractivity contribution in [3.8, 4) is 0 Å². The predicted octanol–water partition coefficient (Wildman–Crippen LogP) is 2.69. The van der Waals surface area contributed by atoms with Gasteiger partial charge in [0.05, 0.1) is 0 Å². The third kappa shape index (κ3) is 4.64. The molecule has 2 fully saturated rings. The first-order chi connectivity index (χ1) is 8.56. The molecule has 19 heavy (non-hydrogen) atoms. The molecule has 0 aromatic carbocycles.